The third-order valence-electron chi connectivity index (χ3n) is 7.07. The van der Waals surface area contributed by atoms with Gasteiger partial charge in [0.05, 0.1) is 25.2 Å². The van der Waals surface area contributed by atoms with Crippen LogP contribution in [0.4, 0.5) is 0 Å². The summed E-state index contributed by atoms with van der Waals surface area (Å²) >= 11 is 6.11. The number of ether oxygens (including phenoxy) is 3. The van der Waals surface area contributed by atoms with Gasteiger partial charge in [-0.3, -0.25) is 4.79 Å². The van der Waals surface area contributed by atoms with Crippen molar-refractivity contribution in [3.05, 3.63) is 58.6 Å². The highest BCUT2D eigenvalue weighted by molar-refractivity contribution is 6.30. The lowest BCUT2D eigenvalue weighted by atomic mass is 9.82. The van der Waals surface area contributed by atoms with E-state index in [-0.39, 0.29) is 18.4 Å². The minimum absolute atomic E-state index is 0.0802. The Balaban J connectivity index is 1.98. The van der Waals surface area contributed by atoms with Crippen molar-refractivity contribution in [1.82, 2.24) is 5.32 Å². The first-order valence-corrected chi connectivity index (χ1v) is 13.6. The van der Waals surface area contributed by atoms with Gasteiger partial charge in [-0.25, -0.2) is 0 Å². The first-order chi connectivity index (χ1) is 18.0. The number of hydrogen-bond acceptors (Lipinski definition) is 6. The summed E-state index contributed by atoms with van der Waals surface area (Å²) < 4.78 is 16.5. The highest BCUT2D eigenvalue weighted by atomic mass is 35.5. The maximum Gasteiger partial charge on any atom is 0.230 e. The summed E-state index contributed by atoms with van der Waals surface area (Å²) in [6, 6.07) is 12.7. The van der Waals surface area contributed by atoms with Crippen LogP contribution in [0.2, 0.25) is 5.02 Å². The molecule has 2 aromatic rings. The van der Waals surface area contributed by atoms with Crippen LogP contribution in [0.5, 0.6) is 11.5 Å². The summed E-state index contributed by atoms with van der Waals surface area (Å²) in [6.45, 7) is 9.24. The summed E-state index contributed by atoms with van der Waals surface area (Å²) in [5.74, 6) is 1.78. The minimum Gasteiger partial charge on any atom is -0.493 e. The molecule has 1 amide bonds. The third-order valence-corrected chi connectivity index (χ3v) is 7.31. The molecular formula is C30H45ClN2O5. The van der Waals surface area contributed by atoms with Crippen LogP contribution in [0.1, 0.15) is 51.7 Å². The lowest BCUT2D eigenvalue weighted by Gasteiger charge is -2.29. The van der Waals surface area contributed by atoms with Crippen molar-refractivity contribution in [2.24, 2.45) is 17.6 Å². The topological polar surface area (TPSA) is 103 Å². The predicted octanol–water partition coefficient (Wildman–Crippen LogP) is 4.75. The zero-order chi connectivity index (χ0) is 28.3. The van der Waals surface area contributed by atoms with Crippen LogP contribution in [0, 0.1) is 11.8 Å². The number of nitrogens with two attached hydrogens (primary N) is 1. The number of amides is 1. The van der Waals surface area contributed by atoms with Crippen LogP contribution in [0.25, 0.3) is 0 Å². The number of methoxy groups -OCH3 is 2. The molecular weight excluding hydrogens is 504 g/mol. The van der Waals surface area contributed by atoms with Gasteiger partial charge in [0.2, 0.25) is 5.91 Å². The van der Waals surface area contributed by atoms with Gasteiger partial charge in [-0.15, -0.1) is 0 Å². The molecule has 0 bridgehead atoms. The number of hydrogen-bond donors (Lipinski definition) is 3. The van der Waals surface area contributed by atoms with Crippen molar-refractivity contribution in [2.45, 2.75) is 64.5 Å². The molecule has 0 heterocycles. The summed E-state index contributed by atoms with van der Waals surface area (Å²) in [4.78, 5) is 12.9. The highest BCUT2D eigenvalue weighted by Gasteiger charge is 2.31. The average molecular weight is 549 g/mol. The molecule has 8 heteroatoms. The second-order valence-corrected chi connectivity index (χ2v) is 11.1. The van der Waals surface area contributed by atoms with E-state index in [0.29, 0.717) is 42.1 Å². The largest absolute Gasteiger partial charge is 0.493 e. The molecule has 0 aliphatic heterocycles. The fourth-order valence-corrected chi connectivity index (χ4v) is 4.52. The molecule has 0 unspecified atom stereocenters. The van der Waals surface area contributed by atoms with E-state index >= 15 is 0 Å². The van der Waals surface area contributed by atoms with E-state index in [1.807, 2.05) is 44.2 Å². The molecule has 0 aliphatic carbocycles. The van der Waals surface area contributed by atoms with Gasteiger partial charge < -0.3 is 30.4 Å². The monoisotopic (exact) mass is 548 g/mol. The van der Waals surface area contributed by atoms with Crippen LogP contribution in [-0.2, 0) is 21.4 Å². The number of carbonyl (C=O) groups excluding carboxylic acids is 1. The van der Waals surface area contributed by atoms with Crippen molar-refractivity contribution in [2.75, 3.05) is 34.0 Å². The van der Waals surface area contributed by atoms with E-state index in [9.17, 15) is 9.90 Å². The van der Waals surface area contributed by atoms with Gasteiger partial charge in [-0.05, 0) is 73.9 Å². The Morgan fingerprint density at radius 1 is 1.11 bits per heavy atom. The van der Waals surface area contributed by atoms with Crippen molar-refractivity contribution in [3.63, 3.8) is 0 Å². The van der Waals surface area contributed by atoms with Gasteiger partial charge in [0.1, 0.15) is 0 Å². The zero-order valence-corrected chi connectivity index (χ0v) is 24.4. The molecule has 0 aromatic heterocycles. The van der Waals surface area contributed by atoms with Gasteiger partial charge in [0.25, 0.3) is 0 Å². The van der Waals surface area contributed by atoms with Crippen LogP contribution in [0.15, 0.2) is 42.5 Å². The SMILES string of the molecule is COCCCOc1cc(C[C@@H](C[C@H](N)[C@@H](O)CNC(=O)C(C)(C)c2cccc(Cl)c2)C(C)C)ccc1OC. The van der Waals surface area contributed by atoms with E-state index in [2.05, 4.69) is 19.2 Å². The van der Waals surface area contributed by atoms with Gasteiger partial charge in [-0.2, -0.15) is 0 Å². The Morgan fingerprint density at radius 3 is 2.47 bits per heavy atom. The predicted molar refractivity (Wildman–Crippen MR) is 153 cm³/mol. The molecule has 2 aromatic carbocycles. The van der Waals surface area contributed by atoms with E-state index in [4.69, 9.17) is 31.5 Å². The Labute approximate surface area is 233 Å². The lowest BCUT2D eigenvalue weighted by Crippen LogP contribution is -2.48. The number of halogens is 1. The second-order valence-electron chi connectivity index (χ2n) is 10.7. The van der Waals surface area contributed by atoms with Crippen molar-refractivity contribution >= 4 is 17.5 Å². The van der Waals surface area contributed by atoms with E-state index in [1.54, 1.807) is 26.4 Å². The molecule has 0 radical (unpaired) electrons. The molecule has 0 saturated heterocycles. The van der Waals surface area contributed by atoms with Crippen molar-refractivity contribution < 1.29 is 24.1 Å². The summed E-state index contributed by atoms with van der Waals surface area (Å²) in [5.41, 5.74) is 7.55. The molecule has 0 aliphatic rings. The minimum atomic E-state index is -0.870. The Hall–Kier alpha value is -2.32. The molecule has 38 heavy (non-hydrogen) atoms. The molecule has 0 saturated carbocycles. The Kier molecular flexibility index (Phi) is 12.9. The maximum atomic E-state index is 12.9. The first kappa shape index (κ1) is 31.9. The third kappa shape index (κ3) is 9.45. The normalized spacial score (nSPS) is 14.2. The summed E-state index contributed by atoms with van der Waals surface area (Å²) in [7, 11) is 3.30. The molecule has 3 atom stereocenters. The first-order valence-electron chi connectivity index (χ1n) is 13.3. The zero-order valence-electron chi connectivity index (χ0n) is 23.6. The Bertz CT molecular complexity index is 1010. The fraction of sp³-hybridized carbons (Fsp3) is 0.567. The van der Waals surface area contributed by atoms with Crippen LogP contribution >= 0.6 is 11.6 Å². The van der Waals surface area contributed by atoms with Gasteiger partial charge in [0, 0.05) is 37.7 Å². The summed E-state index contributed by atoms with van der Waals surface area (Å²) in [6.07, 6.45) is 1.32. The number of aliphatic hydroxyl groups is 1. The van der Waals surface area contributed by atoms with Gasteiger partial charge in [-0.1, -0.05) is 43.6 Å². The van der Waals surface area contributed by atoms with Gasteiger partial charge in [0.15, 0.2) is 11.5 Å². The van der Waals surface area contributed by atoms with Crippen molar-refractivity contribution in [3.8, 4) is 11.5 Å². The molecule has 0 spiro atoms. The number of benzene rings is 2. The highest BCUT2D eigenvalue weighted by Crippen LogP contribution is 2.31. The van der Waals surface area contributed by atoms with Gasteiger partial charge >= 0.3 is 0 Å². The summed E-state index contributed by atoms with van der Waals surface area (Å²) in [5, 5.41) is 14.2. The molecule has 2 rings (SSSR count). The number of rotatable bonds is 16. The molecule has 7 nitrogen and oxygen atoms in total. The van der Waals surface area contributed by atoms with Crippen LogP contribution < -0.4 is 20.5 Å². The fourth-order valence-electron chi connectivity index (χ4n) is 4.32. The molecule has 212 valence electrons. The number of aliphatic hydroxyl groups excluding tert-OH is 1. The van der Waals surface area contributed by atoms with E-state index in [1.165, 1.54) is 0 Å². The van der Waals surface area contributed by atoms with E-state index < -0.39 is 17.6 Å². The Morgan fingerprint density at radius 2 is 1.84 bits per heavy atom. The van der Waals surface area contributed by atoms with E-state index in [0.717, 1.165) is 24.0 Å². The van der Waals surface area contributed by atoms with Crippen LogP contribution in [0.3, 0.4) is 0 Å². The maximum absolute atomic E-state index is 12.9. The average Bonchev–Trinajstić information content (AvgIpc) is 2.89. The number of nitrogens with one attached hydrogen (secondary N) is 1. The van der Waals surface area contributed by atoms with Crippen molar-refractivity contribution in [1.29, 1.82) is 0 Å². The molecule has 4 N–H and O–H groups in total. The van der Waals surface area contributed by atoms with Crippen LogP contribution in [-0.4, -0.2) is 57.1 Å². The lowest BCUT2D eigenvalue weighted by molar-refractivity contribution is -0.126. The smallest absolute Gasteiger partial charge is 0.230 e. The standard InChI is InChI=1S/C30H45ClN2O5/c1-20(2)22(15-21-11-12-27(37-6)28(16-21)38-14-8-13-36-5)17-25(32)26(34)19-33-29(35)30(3,4)23-9-7-10-24(31)18-23/h7,9-12,16,18,20,22,25-26,34H,8,13-15,17,19,32H2,1-6H3,(H,33,35)/t22-,25-,26-/m0/s1. The quantitative estimate of drug-likeness (QED) is 0.262. The second kappa shape index (κ2) is 15.3. The molecule has 0 fully saturated rings. The number of carbonyl (C=O) groups is 1.